The fraction of sp³-hybridized carbons (Fsp3) is 0.162. The molecule has 0 spiro atoms. The van der Waals surface area contributed by atoms with E-state index in [1.807, 2.05) is 30.3 Å². The molecular formula is C37H33N5O7. The van der Waals surface area contributed by atoms with Crippen molar-refractivity contribution in [2.75, 3.05) is 26.1 Å². The summed E-state index contributed by atoms with van der Waals surface area (Å²) in [5, 5.41) is 11.6. The van der Waals surface area contributed by atoms with E-state index in [-0.39, 0.29) is 50.8 Å². The Morgan fingerprint density at radius 3 is 2.35 bits per heavy atom. The molecule has 248 valence electrons. The molecule has 0 radical (unpaired) electrons. The highest BCUT2D eigenvalue weighted by atomic mass is 16.5. The minimum atomic E-state index is -0.966. The maximum Gasteiger partial charge on any atom is 0.285 e. The molecule has 49 heavy (non-hydrogen) atoms. The van der Waals surface area contributed by atoms with Crippen LogP contribution in [0.1, 0.15) is 43.8 Å². The van der Waals surface area contributed by atoms with Gasteiger partial charge in [-0.2, -0.15) is 5.10 Å². The van der Waals surface area contributed by atoms with Gasteiger partial charge < -0.3 is 30.3 Å². The third kappa shape index (κ3) is 6.62. The zero-order valence-corrected chi connectivity index (χ0v) is 27.0. The third-order valence-corrected chi connectivity index (χ3v) is 8.12. The molecule has 12 nitrogen and oxygen atoms in total. The van der Waals surface area contributed by atoms with E-state index in [0.717, 1.165) is 28.5 Å². The number of nitrogens with two attached hydrogens (primary N) is 1. The van der Waals surface area contributed by atoms with Crippen molar-refractivity contribution in [3.8, 4) is 22.6 Å². The first-order chi connectivity index (χ1) is 23.7. The highest BCUT2D eigenvalue weighted by Crippen LogP contribution is 2.37. The fourth-order valence-corrected chi connectivity index (χ4v) is 5.70. The number of primary amides is 1. The van der Waals surface area contributed by atoms with Crippen LogP contribution >= 0.6 is 0 Å². The van der Waals surface area contributed by atoms with Gasteiger partial charge in [0.1, 0.15) is 5.58 Å². The van der Waals surface area contributed by atoms with Crippen molar-refractivity contribution < 1.29 is 28.3 Å². The molecule has 12 heteroatoms. The second kappa shape index (κ2) is 13.8. The maximum atomic E-state index is 13.8. The molecule has 4 aromatic carbocycles. The van der Waals surface area contributed by atoms with Crippen molar-refractivity contribution in [3.63, 3.8) is 0 Å². The Bertz CT molecular complexity index is 2290. The summed E-state index contributed by atoms with van der Waals surface area (Å²) in [5.74, 6) is -1.56. The zero-order chi connectivity index (χ0) is 34.7. The van der Waals surface area contributed by atoms with Crippen LogP contribution in [0.15, 0.2) is 94.3 Å². The van der Waals surface area contributed by atoms with E-state index in [0.29, 0.717) is 18.8 Å². The van der Waals surface area contributed by atoms with Crippen LogP contribution in [0, 0.1) is 0 Å². The normalized spacial score (nSPS) is 11.1. The largest absolute Gasteiger partial charge is 0.493 e. The maximum absolute atomic E-state index is 13.8. The van der Waals surface area contributed by atoms with Gasteiger partial charge in [-0.3, -0.25) is 19.2 Å². The van der Waals surface area contributed by atoms with Crippen molar-refractivity contribution in [2.24, 2.45) is 5.73 Å². The topological polar surface area (TPSA) is 168 Å². The van der Waals surface area contributed by atoms with Gasteiger partial charge in [-0.05, 0) is 72.6 Å². The molecule has 6 aromatic rings. The minimum absolute atomic E-state index is 0.0443. The molecular weight excluding hydrogens is 626 g/mol. The van der Waals surface area contributed by atoms with Crippen LogP contribution in [-0.4, -0.2) is 48.3 Å². The quantitative estimate of drug-likeness (QED) is 0.159. The van der Waals surface area contributed by atoms with Gasteiger partial charge in [-0.15, -0.1) is 0 Å². The molecule has 0 bridgehead atoms. The second-order valence-electron chi connectivity index (χ2n) is 11.3. The Hall–Kier alpha value is -6.27. The summed E-state index contributed by atoms with van der Waals surface area (Å²) in [7, 11) is 2.85. The summed E-state index contributed by atoms with van der Waals surface area (Å²) < 4.78 is 18.1. The van der Waals surface area contributed by atoms with E-state index in [1.54, 1.807) is 42.6 Å². The van der Waals surface area contributed by atoms with Crippen molar-refractivity contribution in [1.29, 1.82) is 0 Å². The summed E-state index contributed by atoms with van der Waals surface area (Å²) in [6, 6.07) is 22.6. The average molecular weight is 660 g/mol. The van der Waals surface area contributed by atoms with E-state index in [4.69, 9.17) is 19.6 Å². The van der Waals surface area contributed by atoms with Crippen LogP contribution in [-0.2, 0) is 13.0 Å². The molecule has 0 aliphatic rings. The van der Waals surface area contributed by atoms with E-state index in [9.17, 15) is 19.2 Å². The van der Waals surface area contributed by atoms with Crippen LogP contribution in [0.25, 0.3) is 33.0 Å². The summed E-state index contributed by atoms with van der Waals surface area (Å²) in [4.78, 5) is 51.8. The van der Waals surface area contributed by atoms with Crippen LogP contribution in [0.2, 0.25) is 0 Å². The first-order valence-corrected chi connectivity index (χ1v) is 15.4. The van der Waals surface area contributed by atoms with Gasteiger partial charge >= 0.3 is 0 Å². The lowest BCUT2D eigenvalue weighted by molar-refractivity contribution is 0.0925. The predicted molar refractivity (Wildman–Crippen MR) is 185 cm³/mol. The van der Waals surface area contributed by atoms with Crippen molar-refractivity contribution in [3.05, 3.63) is 118 Å². The molecule has 2 amide bonds. The number of anilines is 1. The summed E-state index contributed by atoms with van der Waals surface area (Å²) >= 11 is 0. The lowest BCUT2D eigenvalue weighted by Crippen LogP contribution is -2.21. The summed E-state index contributed by atoms with van der Waals surface area (Å²) in [6.45, 7) is 2.84. The number of benzene rings is 4. The first kappa shape index (κ1) is 32.7. The lowest BCUT2D eigenvalue weighted by Gasteiger charge is -2.16. The van der Waals surface area contributed by atoms with Gasteiger partial charge in [0, 0.05) is 30.1 Å². The van der Waals surface area contributed by atoms with Gasteiger partial charge in [0.05, 0.1) is 42.4 Å². The molecule has 4 N–H and O–H groups in total. The van der Waals surface area contributed by atoms with Gasteiger partial charge in [0.15, 0.2) is 11.5 Å². The van der Waals surface area contributed by atoms with Gasteiger partial charge in [-0.25, -0.2) is 4.68 Å². The number of amides is 2. The molecule has 0 aliphatic carbocycles. The molecule has 0 saturated heterocycles. The number of nitrogens with one attached hydrogen (secondary N) is 2. The molecule has 2 aromatic heterocycles. The molecule has 6 rings (SSSR count). The molecule has 0 unspecified atom stereocenters. The minimum Gasteiger partial charge on any atom is -0.493 e. The highest BCUT2D eigenvalue weighted by molar-refractivity contribution is 6.11. The summed E-state index contributed by atoms with van der Waals surface area (Å²) in [6.07, 6.45) is 2.43. The molecule has 0 atom stereocenters. The molecule has 0 saturated carbocycles. The number of hydrogen-bond donors (Lipinski definition) is 3. The second-order valence-corrected chi connectivity index (χ2v) is 11.3. The Kier molecular flexibility index (Phi) is 9.22. The Labute approximate surface area is 280 Å². The number of fused-ring (bicyclic) bond motifs is 2. The average Bonchev–Trinajstić information content (AvgIpc) is 3.54. The van der Waals surface area contributed by atoms with E-state index in [1.165, 1.54) is 38.0 Å². The van der Waals surface area contributed by atoms with Gasteiger partial charge in [0.2, 0.25) is 17.1 Å². The lowest BCUT2D eigenvalue weighted by atomic mass is 9.95. The molecule has 0 aliphatic heterocycles. The van der Waals surface area contributed by atoms with Crippen LogP contribution in [0.5, 0.6) is 11.5 Å². The Balaban J connectivity index is 1.19. The van der Waals surface area contributed by atoms with Crippen molar-refractivity contribution in [2.45, 2.75) is 19.9 Å². The number of aromatic nitrogens is 2. The monoisotopic (exact) mass is 659 g/mol. The van der Waals surface area contributed by atoms with Gasteiger partial charge in [-0.1, -0.05) is 30.3 Å². The smallest absolute Gasteiger partial charge is 0.285 e. The number of methoxy groups -OCH3 is 2. The Morgan fingerprint density at radius 1 is 0.918 bits per heavy atom. The van der Waals surface area contributed by atoms with E-state index >= 15 is 0 Å². The SMILES string of the molecule is COc1cc(C(=O)Nc2ccc(CCNCc3ccc4c(cnn4C(C)=O)c3)cc2)c(-c2c(C(N)=O)oc3ccccc3c2=O)cc1OC. The number of ether oxygens (including phenoxy) is 2. The van der Waals surface area contributed by atoms with Crippen LogP contribution < -0.4 is 31.3 Å². The van der Waals surface area contributed by atoms with Gasteiger partial charge in [0.25, 0.3) is 11.8 Å². The van der Waals surface area contributed by atoms with E-state index in [2.05, 4.69) is 15.7 Å². The standard InChI is InChI=1S/C37H33N5O7/c1-21(43)42-29-13-10-23(16-24(29)20-40-42)19-39-15-14-22-8-11-25(12-9-22)41-37(46)28-18-32(48-3)31(47-2)17-27(28)33-34(44)26-6-4-5-7-30(26)49-35(33)36(38)45/h4-13,16-18,20,39H,14-15,19H2,1-3H3,(H2,38,45)(H,41,46). The number of rotatable bonds is 11. The van der Waals surface area contributed by atoms with E-state index < -0.39 is 17.2 Å². The number of carbonyl (C=O) groups excluding carboxylic acids is 3. The summed E-state index contributed by atoms with van der Waals surface area (Å²) in [5.41, 5.74) is 8.72. The number of nitrogens with zero attached hydrogens (tertiary/aromatic N) is 2. The third-order valence-electron chi connectivity index (χ3n) is 8.12. The molecule has 2 heterocycles. The predicted octanol–water partition coefficient (Wildman–Crippen LogP) is 5.17. The zero-order valence-electron chi connectivity index (χ0n) is 27.0. The highest BCUT2D eigenvalue weighted by Gasteiger charge is 2.26. The fourth-order valence-electron chi connectivity index (χ4n) is 5.70. The first-order valence-electron chi connectivity index (χ1n) is 15.4. The van der Waals surface area contributed by atoms with Crippen LogP contribution in [0.4, 0.5) is 5.69 Å². The Morgan fingerprint density at radius 2 is 1.63 bits per heavy atom. The van der Waals surface area contributed by atoms with Crippen molar-refractivity contribution in [1.82, 2.24) is 15.1 Å². The number of para-hydroxylation sites is 1. The molecule has 0 fully saturated rings. The number of hydrogen-bond acceptors (Lipinski definition) is 9. The number of carbonyl (C=O) groups is 3. The van der Waals surface area contributed by atoms with Crippen molar-refractivity contribution >= 4 is 45.3 Å². The van der Waals surface area contributed by atoms with Crippen LogP contribution in [0.3, 0.4) is 0 Å².